The Bertz CT molecular complexity index is 422. The standard InChI is InChI=1S/C9H9BrN2OS/c1-14-3-2-12-6-8(10)4-7(5-11)9(12)13/h4,6H,2-3H2,1H3. The van der Waals surface area contributed by atoms with Crippen molar-refractivity contribution in [3.05, 3.63) is 32.7 Å². The van der Waals surface area contributed by atoms with Crippen molar-refractivity contribution in [3.8, 4) is 6.07 Å². The van der Waals surface area contributed by atoms with Crippen molar-refractivity contribution in [1.82, 2.24) is 4.57 Å². The Morgan fingerprint density at radius 1 is 1.71 bits per heavy atom. The molecule has 74 valence electrons. The summed E-state index contributed by atoms with van der Waals surface area (Å²) in [6.07, 6.45) is 3.69. The van der Waals surface area contributed by atoms with Crippen LogP contribution in [0.3, 0.4) is 0 Å². The predicted molar refractivity (Wildman–Crippen MR) is 61.5 cm³/mol. The Morgan fingerprint density at radius 3 is 3.00 bits per heavy atom. The number of thioether (sulfide) groups is 1. The van der Waals surface area contributed by atoms with Crippen LogP contribution in [0, 0.1) is 11.3 Å². The van der Waals surface area contributed by atoms with Crippen LogP contribution in [0.15, 0.2) is 21.5 Å². The zero-order valence-corrected chi connectivity index (χ0v) is 10.1. The van der Waals surface area contributed by atoms with Gasteiger partial charge >= 0.3 is 0 Å². The van der Waals surface area contributed by atoms with Gasteiger partial charge in [-0.05, 0) is 28.3 Å². The number of aromatic nitrogens is 1. The molecule has 1 heterocycles. The molecule has 0 radical (unpaired) electrons. The van der Waals surface area contributed by atoms with Crippen molar-refractivity contribution in [2.45, 2.75) is 6.54 Å². The summed E-state index contributed by atoms with van der Waals surface area (Å²) < 4.78 is 2.31. The number of hydrogen-bond acceptors (Lipinski definition) is 3. The van der Waals surface area contributed by atoms with Gasteiger partial charge in [-0.25, -0.2) is 0 Å². The molecule has 0 bridgehead atoms. The molecule has 14 heavy (non-hydrogen) atoms. The lowest BCUT2D eigenvalue weighted by atomic mass is 10.3. The van der Waals surface area contributed by atoms with Crippen LogP contribution in [-0.4, -0.2) is 16.6 Å². The van der Waals surface area contributed by atoms with Crippen molar-refractivity contribution in [3.63, 3.8) is 0 Å². The van der Waals surface area contributed by atoms with E-state index in [0.717, 1.165) is 10.2 Å². The third-order valence-corrected chi connectivity index (χ3v) is 2.73. The Balaban J connectivity index is 3.11. The third-order valence-electron chi connectivity index (χ3n) is 1.71. The molecule has 0 fully saturated rings. The first-order chi connectivity index (χ1) is 6.69. The van der Waals surface area contributed by atoms with Crippen molar-refractivity contribution in [2.75, 3.05) is 12.0 Å². The summed E-state index contributed by atoms with van der Waals surface area (Å²) in [4.78, 5) is 11.6. The van der Waals surface area contributed by atoms with Crippen LogP contribution in [0.25, 0.3) is 0 Å². The van der Waals surface area contributed by atoms with E-state index < -0.39 is 0 Å². The first kappa shape index (κ1) is 11.3. The molecule has 0 N–H and O–H groups in total. The Kier molecular flexibility index (Phi) is 4.23. The molecule has 0 aliphatic carbocycles. The number of pyridine rings is 1. The minimum atomic E-state index is -0.218. The number of hydrogen-bond donors (Lipinski definition) is 0. The molecule has 5 heteroatoms. The fraction of sp³-hybridized carbons (Fsp3) is 0.333. The van der Waals surface area contributed by atoms with Crippen molar-refractivity contribution < 1.29 is 0 Å². The van der Waals surface area contributed by atoms with Crippen molar-refractivity contribution in [1.29, 1.82) is 5.26 Å². The maximum absolute atomic E-state index is 11.6. The summed E-state index contributed by atoms with van der Waals surface area (Å²) in [5.41, 5.74) is -0.0368. The van der Waals surface area contributed by atoms with E-state index in [1.54, 1.807) is 22.5 Å². The average Bonchev–Trinajstić information content (AvgIpc) is 2.18. The quantitative estimate of drug-likeness (QED) is 0.844. The van der Waals surface area contributed by atoms with E-state index in [0.29, 0.717) is 6.54 Å². The molecule has 0 saturated carbocycles. The van der Waals surface area contributed by atoms with Gasteiger partial charge in [0.15, 0.2) is 0 Å². The monoisotopic (exact) mass is 272 g/mol. The molecule has 0 amide bonds. The molecule has 0 unspecified atom stereocenters. The SMILES string of the molecule is CSCCn1cc(Br)cc(C#N)c1=O. The molecular weight excluding hydrogens is 264 g/mol. The van der Waals surface area contributed by atoms with Crippen molar-refractivity contribution >= 4 is 27.7 Å². The molecule has 0 saturated heterocycles. The summed E-state index contributed by atoms with van der Waals surface area (Å²) in [5, 5.41) is 8.70. The number of rotatable bonds is 3. The normalized spacial score (nSPS) is 9.79. The van der Waals surface area contributed by atoms with Gasteiger partial charge in [-0.3, -0.25) is 4.79 Å². The summed E-state index contributed by atoms with van der Waals surface area (Å²) in [5.74, 6) is 0.862. The Labute approximate surface area is 94.9 Å². The highest BCUT2D eigenvalue weighted by Crippen LogP contribution is 2.08. The molecule has 1 aromatic rings. The van der Waals surface area contributed by atoms with Crippen LogP contribution in [0.5, 0.6) is 0 Å². The first-order valence-electron chi connectivity index (χ1n) is 3.98. The van der Waals surface area contributed by atoms with E-state index in [1.165, 1.54) is 6.07 Å². The number of nitrogens with zero attached hydrogens (tertiary/aromatic N) is 2. The van der Waals surface area contributed by atoms with Crippen LogP contribution in [0.1, 0.15) is 5.56 Å². The van der Waals surface area contributed by atoms with E-state index >= 15 is 0 Å². The molecule has 0 aliphatic rings. The fourth-order valence-corrected chi connectivity index (χ4v) is 1.89. The summed E-state index contributed by atoms with van der Waals surface area (Å²) in [6, 6.07) is 3.42. The van der Waals surface area contributed by atoms with E-state index in [2.05, 4.69) is 15.9 Å². The maximum atomic E-state index is 11.6. The zero-order valence-electron chi connectivity index (χ0n) is 7.66. The average molecular weight is 273 g/mol. The number of halogens is 1. The second kappa shape index (κ2) is 5.23. The van der Waals surface area contributed by atoms with E-state index in [4.69, 9.17) is 5.26 Å². The minimum absolute atomic E-state index is 0.181. The van der Waals surface area contributed by atoms with Crippen LogP contribution in [0.2, 0.25) is 0 Å². The highest BCUT2D eigenvalue weighted by Gasteiger charge is 2.04. The van der Waals surface area contributed by atoms with Crippen LogP contribution in [0.4, 0.5) is 0 Å². The molecule has 1 aromatic heterocycles. The Morgan fingerprint density at radius 2 is 2.43 bits per heavy atom. The van der Waals surface area contributed by atoms with Gasteiger partial charge in [0.25, 0.3) is 5.56 Å². The van der Waals surface area contributed by atoms with Crippen molar-refractivity contribution in [2.24, 2.45) is 0 Å². The van der Waals surface area contributed by atoms with Gasteiger partial charge < -0.3 is 4.57 Å². The topological polar surface area (TPSA) is 45.8 Å². The summed E-state index contributed by atoms with van der Waals surface area (Å²) in [6.45, 7) is 0.633. The highest BCUT2D eigenvalue weighted by molar-refractivity contribution is 9.10. The summed E-state index contributed by atoms with van der Waals surface area (Å²) >= 11 is 4.93. The van der Waals surface area contributed by atoms with E-state index in [9.17, 15) is 4.79 Å². The molecule has 1 rings (SSSR count). The van der Waals surface area contributed by atoms with Gasteiger partial charge in [0.05, 0.1) is 0 Å². The third kappa shape index (κ3) is 2.63. The summed E-state index contributed by atoms with van der Waals surface area (Å²) in [7, 11) is 0. The molecule has 0 spiro atoms. The molecule has 0 aromatic carbocycles. The van der Waals surface area contributed by atoms with E-state index in [1.807, 2.05) is 12.3 Å². The second-order valence-electron chi connectivity index (χ2n) is 2.68. The van der Waals surface area contributed by atoms with Crippen LogP contribution < -0.4 is 5.56 Å². The number of aryl methyl sites for hydroxylation is 1. The predicted octanol–water partition coefficient (Wildman–Crippen LogP) is 1.85. The second-order valence-corrected chi connectivity index (χ2v) is 4.58. The van der Waals surface area contributed by atoms with Gasteiger partial charge in [-0.1, -0.05) is 0 Å². The largest absolute Gasteiger partial charge is 0.312 e. The minimum Gasteiger partial charge on any atom is -0.312 e. The van der Waals surface area contributed by atoms with Gasteiger partial charge in [0.2, 0.25) is 0 Å². The van der Waals surface area contributed by atoms with E-state index in [-0.39, 0.29) is 11.1 Å². The van der Waals surface area contributed by atoms with Gasteiger partial charge in [-0.2, -0.15) is 17.0 Å². The maximum Gasteiger partial charge on any atom is 0.268 e. The molecule has 3 nitrogen and oxygen atoms in total. The number of nitriles is 1. The van der Waals surface area contributed by atoms with Gasteiger partial charge in [0.1, 0.15) is 11.6 Å². The van der Waals surface area contributed by atoms with Crippen LogP contribution in [-0.2, 0) is 6.54 Å². The molecule has 0 aliphatic heterocycles. The highest BCUT2D eigenvalue weighted by atomic mass is 79.9. The molecule has 0 atom stereocenters. The van der Waals surface area contributed by atoms with Gasteiger partial charge in [-0.15, -0.1) is 0 Å². The lowest BCUT2D eigenvalue weighted by Gasteiger charge is -2.04. The molecular formula is C9H9BrN2OS. The van der Waals surface area contributed by atoms with Gasteiger partial charge in [0, 0.05) is 23.0 Å². The Hall–Kier alpha value is -0.730. The smallest absolute Gasteiger partial charge is 0.268 e. The van der Waals surface area contributed by atoms with Crippen LogP contribution >= 0.6 is 27.7 Å². The first-order valence-corrected chi connectivity index (χ1v) is 6.16. The lowest BCUT2D eigenvalue weighted by molar-refractivity contribution is 0.730. The fourth-order valence-electron chi connectivity index (χ4n) is 1.03. The zero-order chi connectivity index (χ0) is 10.6. The lowest BCUT2D eigenvalue weighted by Crippen LogP contribution is -2.22.